The molecule has 0 bridgehead atoms. The molecule has 1 fully saturated rings. The van der Waals surface area contributed by atoms with Gasteiger partial charge in [0.2, 0.25) is 0 Å². The SMILES string of the molecule is CCN(CC)c1cccc(N(c2ccc(C)cc2)c2ccc(C3(c4ccc(N(c5ccc(C)cc5)c5cccc(N(CC)CC)c5)cc4)CCCCC3)cc2)c1. The van der Waals surface area contributed by atoms with Crippen molar-refractivity contribution in [1.29, 1.82) is 0 Å². The summed E-state index contributed by atoms with van der Waals surface area (Å²) in [6.07, 6.45) is 6.10. The Labute approximate surface area is 337 Å². The summed E-state index contributed by atoms with van der Waals surface area (Å²) in [5.74, 6) is 0. The van der Waals surface area contributed by atoms with Crippen molar-refractivity contribution >= 4 is 45.5 Å². The van der Waals surface area contributed by atoms with Crippen LogP contribution in [0.15, 0.2) is 146 Å². The minimum absolute atomic E-state index is 0.0238. The zero-order valence-corrected chi connectivity index (χ0v) is 34.5. The Hall–Kier alpha value is -5.48. The summed E-state index contributed by atoms with van der Waals surface area (Å²) in [4.78, 5) is 9.66. The molecule has 0 spiro atoms. The summed E-state index contributed by atoms with van der Waals surface area (Å²) in [6, 6.07) is 54.9. The highest BCUT2D eigenvalue weighted by Gasteiger charge is 2.36. The van der Waals surface area contributed by atoms with E-state index in [-0.39, 0.29) is 5.41 Å². The molecule has 4 heteroatoms. The molecule has 0 heterocycles. The van der Waals surface area contributed by atoms with Gasteiger partial charge in [-0.25, -0.2) is 0 Å². The molecule has 0 atom stereocenters. The standard InChI is InChI=1S/C52H60N4/c1-7-53(8-2)48-16-14-18-50(38-48)55(44-28-20-40(5)21-29-44)46-32-24-42(25-33-46)52(36-12-11-13-37-52)43-26-34-47(35-27-43)56(45-30-22-41(6)23-31-45)51-19-15-17-49(39-51)54(9-3)10-4/h14-35,38-39H,7-13,36-37H2,1-6H3. The fourth-order valence-electron chi connectivity index (χ4n) is 8.88. The van der Waals surface area contributed by atoms with Crippen molar-refractivity contribution in [1.82, 2.24) is 0 Å². The molecule has 1 saturated carbocycles. The summed E-state index contributed by atoms with van der Waals surface area (Å²) < 4.78 is 0. The molecule has 0 aromatic heterocycles. The topological polar surface area (TPSA) is 13.0 Å². The van der Waals surface area contributed by atoms with Crippen LogP contribution in [0.25, 0.3) is 0 Å². The van der Waals surface area contributed by atoms with Gasteiger partial charge in [0.25, 0.3) is 0 Å². The van der Waals surface area contributed by atoms with Crippen molar-refractivity contribution in [3.63, 3.8) is 0 Å². The lowest BCUT2D eigenvalue weighted by Gasteiger charge is -2.39. The molecule has 56 heavy (non-hydrogen) atoms. The average molecular weight is 741 g/mol. The van der Waals surface area contributed by atoms with Crippen LogP contribution in [0, 0.1) is 13.8 Å². The second-order valence-electron chi connectivity index (χ2n) is 15.5. The number of hydrogen-bond acceptors (Lipinski definition) is 4. The van der Waals surface area contributed by atoms with Gasteiger partial charge in [0.1, 0.15) is 0 Å². The molecule has 0 N–H and O–H groups in total. The highest BCUT2D eigenvalue weighted by atomic mass is 15.2. The Bertz CT molecular complexity index is 1990. The van der Waals surface area contributed by atoms with Gasteiger partial charge >= 0.3 is 0 Å². The van der Waals surface area contributed by atoms with Crippen LogP contribution in [-0.2, 0) is 5.41 Å². The van der Waals surface area contributed by atoms with E-state index in [1.54, 1.807) is 0 Å². The van der Waals surface area contributed by atoms with Gasteiger partial charge in [-0.2, -0.15) is 0 Å². The van der Waals surface area contributed by atoms with E-state index in [0.717, 1.165) is 39.0 Å². The Morgan fingerprint density at radius 1 is 0.375 bits per heavy atom. The lowest BCUT2D eigenvalue weighted by atomic mass is 9.65. The molecule has 7 rings (SSSR count). The third-order valence-electron chi connectivity index (χ3n) is 12.1. The van der Waals surface area contributed by atoms with Crippen molar-refractivity contribution in [2.24, 2.45) is 0 Å². The fraction of sp³-hybridized carbons (Fsp3) is 0.308. The van der Waals surface area contributed by atoms with Crippen molar-refractivity contribution < 1.29 is 0 Å². The number of nitrogens with zero attached hydrogens (tertiary/aromatic N) is 4. The number of rotatable bonds is 14. The smallest absolute Gasteiger partial charge is 0.0482 e. The zero-order valence-electron chi connectivity index (χ0n) is 34.5. The zero-order chi connectivity index (χ0) is 39.1. The Morgan fingerprint density at radius 3 is 1.04 bits per heavy atom. The first-order valence-electron chi connectivity index (χ1n) is 21.0. The van der Waals surface area contributed by atoms with Crippen molar-refractivity contribution in [2.45, 2.75) is 79.1 Å². The maximum atomic E-state index is 2.42. The second-order valence-corrected chi connectivity index (χ2v) is 15.5. The van der Waals surface area contributed by atoms with E-state index in [1.807, 2.05) is 0 Å². The van der Waals surface area contributed by atoms with E-state index in [1.165, 1.54) is 87.0 Å². The first-order chi connectivity index (χ1) is 27.4. The number of anilines is 8. The van der Waals surface area contributed by atoms with Crippen LogP contribution in [-0.4, -0.2) is 26.2 Å². The van der Waals surface area contributed by atoms with Gasteiger partial charge in [-0.1, -0.05) is 91.1 Å². The predicted octanol–water partition coefficient (Wildman–Crippen LogP) is 14.2. The molecule has 0 saturated heterocycles. The number of benzene rings is 6. The number of hydrogen-bond donors (Lipinski definition) is 0. The molecule has 4 nitrogen and oxygen atoms in total. The van der Waals surface area contributed by atoms with Gasteiger partial charge in [-0.05, 0) is 150 Å². The van der Waals surface area contributed by atoms with E-state index < -0.39 is 0 Å². The highest BCUT2D eigenvalue weighted by molar-refractivity contribution is 5.80. The van der Waals surface area contributed by atoms with E-state index >= 15 is 0 Å². The van der Waals surface area contributed by atoms with Gasteiger partial charge in [0, 0.05) is 77.1 Å². The van der Waals surface area contributed by atoms with Crippen LogP contribution < -0.4 is 19.6 Å². The summed E-state index contributed by atoms with van der Waals surface area (Å²) >= 11 is 0. The molecular weight excluding hydrogens is 681 g/mol. The Kier molecular flexibility index (Phi) is 12.1. The fourth-order valence-corrected chi connectivity index (χ4v) is 8.88. The molecule has 288 valence electrons. The van der Waals surface area contributed by atoms with Gasteiger partial charge in [-0.15, -0.1) is 0 Å². The molecule has 0 radical (unpaired) electrons. The lowest BCUT2D eigenvalue weighted by molar-refractivity contribution is 0.346. The molecule has 6 aromatic carbocycles. The largest absolute Gasteiger partial charge is 0.372 e. The summed E-state index contributed by atoms with van der Waals surface area (Å²) in [6.45, 7) is 17.2. The quantitative estimate of drug-likeness (QED) is 0.110. The van der Waals surface area contributed by atoms with E-state index in [9.17, 15) is 0 Å². The van der Waals surface area contributed by atoms with Crippen LogP contribution >= 0.6 is 0 Å². The Balaban J connectivity index is 1.26. The highest BCUT2D eigenvalue weighted by Crippen LogP contribution is 2.47. The van der Waals surface area contributed by atoms with Gasteiger partial charge < -0.3 is 19.6 Å². The molecule has 0 amide bonds. The van der Waals surface area contributed by atoms with Gasteiger partial charge in [-0.3, -0.25) is 0 Å². The first kappa shape index (κ1) is 38.8. The summed E-state index contributed by atoms with van der Waals surface area (Å²) in [5.41, 5.74) is 14.9. The summed E-state index contributed by atoms with van der Waals surface area (Å²) in [5, 5.41) is 0. The molecular formula is C52H60N4. The van der Waals surface area contributed by atoms with Crippen LogP contribution in [0.2, 0.25) is 0 Å². The minimum atomic E-state index is -0.0238. The first-order valence-corrected chi connectivity index (χ1v) is 21.0. The van der Waals surface area contributed by atoms with Gasteiger partial charge in [0.05, 0.1) is 0 Å². The van der Waals surface area contributed by atoms with Crippen LogP contribution in [0.5, 0.6) is 0 Å². The molecule has 1 aliphatic carbocycles. The van der Waals surface area contributed by atoms with Crippen molar-refractivity contribution in [3.8, 4) is 0 Å². The Morgan fingerprint density at radius 2 is 0.696 bits per heavy atom. The monoisotopic (exact) mass is 740 g/mol. The molecule has 6 aromatic rings. The van der Waals surface area contributed by atoms with Crippen LogP contribution in [0.1, 0.15) is 82.1 Å². The predicted molar refractivity (Wildman–Crippen MR) is 243 cm³/mol. The van der Waals surface area contributed by atoms with Crippen LogP contribution in [0.4, 0.5) is 45.5 Å². The number of aryl methyl sites for hydroxylation is 2. The maximum absolute atomic E-state index is 2.42. The third kappa shape index (κ3) is 8.07. The molecule has 1 aliphatic rings. The normalized spacial score (nSPS) is 13.6. The summed E-state index contributed by atoms with van der Waals surface area (Å²) in [7, 11) is 0. The van der Waals surface area contributed by atoms with Crippen molar-refractivity contribution in [3.05, 3.63) is 168 Å². The van der Waals surface area contributed by atoms with E-state index in [0.29, 0.717) is 0 Å². The van der Waals surface area contributed by atoms with Gasteiger partial charge in [0.15, 0.2) is 0 Å². The molecule has 0 unspecified atom stereocenters. The van der Waals surface area contributed by atoms with E-state index in [2.05, 4.69) is 207 Å². The second kappa shape index (κ2) is 17.5. The minimum Gasteiger partial charge on any atom is -0.372 e. The van der Waals surface area contributed by atoms with Crippen molar-refractivity contribution in [2.75, 3.05) is 45.8 Å². The van der Waals surface area contributed by atoms with Crippen LogP contribution in [0.3, 0.4) is 0 Å². The average Bonchev–Trinajstić information content (AvgIpc) is 3.24. The van der Waals surface area contributed by atoms with E-state index in [4.69, 9.17) is 0 Å². The lowest BCUT2D eigenvalue weighted by Crippen LogP contribution is -2.30. The third-order valence-corrected chi connectivity index (χ3v) is 12.1. The maximum Gasteiger partial charge on any atom is 0.0482 e. The molecule has 0 aliphatic heterocycles.